The Bertz CT molecular complexity index is 1080. The van der Waals surface area contributed by atoms with Crippen LogP contribution in [0.25, 0.3) is 11.5 Å². The van der Waals surface area contributed by atoms with Gasteiger partial charge in [-0.05, 0) is 61.9 Å². The van der Waals surface area contributed by atoms with Gasteiger partial charge in [0.2, 0.25) is 0 Å². The Hall–Kier alpha value is -2.99. The number of carbonyl (C=O) groups is 1. The summed E-state index contributed by atoms with van der Waals surface area (Å²) in [6.45, 7) is 0.889. The van der Waals surface area contributed by atoms with Gasteiger partial charge in [-0.1, -0.05) is 35.5 Å². The second kappa shape index (κ2) is 7.31. The largest absolute Gasteiger partial charge is 0.349 e. The summed E-state index contributed by atoms with van der Waals surface area (Å²) in [7, 11) is 0. The van der Waals surface area contributed by atoms with Crippen LogP contribution in [0.4, 0.5) is 0 Å². The number of nitrogens with zero attached hydrogens (tertiary/aromatic N) is 2. The Kier molecular flexibility index (Phi) is 4.42. The van der Waals surface area contributed by atoms with Crippen molar-refractivity contribution in [2.75, 3.05) is 6.54 Å². The van der Waals surface area contributed by atoms with Crippen molar-refractivity contribution in [3.05, 3.63) is 71.5 Å². The molecule has 0 saturated heterocycles. The summed E-state index contributed by atoms with van der Waals surface area (Å²) in [4.78, 5) is 16.9. The van der Waals surface area contributed by atoms with Gasteiger partial charge in [-0.15, -0.1) is 0 Å². The van der Waals surface area contributed by atoms with Gasteiger partial charge >= 0.3 is 0 Å². The number of carbonyl (C=O) groups excluding carboxylic acids is 1. The molecule has 0 aliphatic heterocycles. The Morgan fingerprint density at radius 3 is 2.55 bits per heavy atom. The average Bonchev–Trinajstić information content (AvgIpc) is 3.72. The quantitative estimate of drug-likeness (QED) is 0.586. The molecule has 2 aromatic carbocycles. The lowest BCUT2D eigenvalue weighted by atomic mass is 10.1. The van der Waals surface area contributed by atoms with E-state index in [9.17, 15) is 4.79 Å². The Morgan fingerprint density at radius 1 is 1.06 bits per heavy atom. The molecule has 2 atom stereocenters. The normalized spacial score (nSPS) is 23.4. The molecule has 0 radical (unpaired) electrons. The molecular formula is C25H26N4O2. The van der Waals surface area contributed by atoms with Crippen LogP contribution in [0.15, 0.2) is 59.1 Å². The summed E-state index contributed by atoms with van der Waals surface area (Å²) in [5.41, 5.74) is 2.92. The van der Waals surface area contributed by atoms with Crippen LogP contribution >= 0.6 is 0 Å². The van der Waals surface area contributed by atoms with E-state index in [4.69, 9.17) is 9.51 Å². The fourth-order valence-corrected chi connectivity index (χ4v) is 4.26. The molecule has 3 saturated carbocycles. The van der Waals surface area contributed by atoms with Crippen molar-refractivity contribution in [2.24, 2.45) is 0 Å². The fraction of sp³-hybridized carbons (Fsp3) is 0.400. The van der Waals surface area contributed by atoms with Crippen molar-refractivity contribution < 1.29 is 9.32 Å². The summed E-state index contributed by atoms with van der Waals surface area (Å²) in [6.07, 6.45) is 5.53. The highest BCUT2D eigenvalue weighted by Gasteiger charge is 2.50. The summed E-state index contributed by atoms with van der Waals surface area (Å²) >= 11 is 0. The van der Waals surface area contributed by atoms with E-state index in [0.717, 1.165) is 43.6 Å². The Labute approximate surface area is 181 Å². The van der Waals surface area contributed by atoms with Gasteiger partial charge in [0.15, 0.2) is 5.82 Å². The third kappa shape index (κ3) is 3.88. The first-order valence-corrected chi connectivity index (χ1v) is 11.2. The lowest BCUT2D eigenvalue weighted by molar-refractivity contribution is 0.0951. The molecule has 6 nitrogen and oxygen atoms in total. The highest BCUT2D eigenvalue weighted by molar-refractivity contribution is 5.94. The molecule has 1 aromatic heterocycles. The number of rotatable bonds is 8. The van der Waals surface area contributed by atoms with E-state index in [2.05, 4.69) is 46.1 Å². The predicted octanol–water partition coefficient (Wildman–Crippen LogP) is 3.81. The molecule has 2 N–H and O–H groups in total. The third-order valence-corrected chi connectivity index (χ3v) is 6.78. The van der Waals surface area contributed by atoms with Gasteiger partial charge in [-0.25, -0.2) is 0 Å². The maximum absolute atomic E-state index is 12.2. The Morgan fingerprint density at radius 2 is 1.84 bits per heavy atom. The lowest BCUT2D eigenvalue weighted by Gasteiger charge is -2.12. The molecule has 1 amide bonds. The van der Waals surface area contributed by atoms with Crippen molar-refractivity contribution in [2.45, 2.75) is 55.5 Å². The van der Waals surface area contributed by atoms with E-state index in [1.165, 1.54) is 12.0 Å². The lowest BCUT2D eigenvalue weighted by Crippen LogP contribution is -2.30. The van der Waals surface area contributed by atoms with Gasteiger partial charge in [0.1, 0.15) is 0 Å². The van der Waals surface area contributed by atoms with Crippen LogP contribution < -0.4 is 10.6 Å². The minimum Gasteiger partial charge on any atom is -0.349 e. The molecular weight excluding hydrogens is 388 g/mol. The van der Waals surface area contributed by atoms with Gasteiger partial charge in [-0.3, -0.25) is 4.79 Å². The summed E-state index contributed by atoms with van der Waals surface area (Å²) in [6, 6.07) is 19.0. The van der Waals surface area contributed by atoms with Gasteiger partial charge in [0.05, 0.1) is 0 Å². The summed E-state index contributed by atoms with van der Waals surface area (Å²) < 4.78 is 5.58. The minimum atomic E-state index is -0.0165. The maximum atomic E-state index is 12.2. The van der Waals surface area contributed by atoms with Crippen LogP contribution in [-0.4, -0.2) is 34.7 Å². The van der Waals surface area contributed by atoms with Crippen molar-refractivity contribution in [1.82, 2.24) is 20.8 Å². The van der Waals surface area contributed by atoms with Gasteiger partial charge in [0, 0.05) is 41.1 Å². The maximum Gasteiger partial charge on any atom is 0.257 e. The Balaban J connectivity index is 1.09. The van der Waals surface area contributed by atoms with Crippen molar-refractivity contribution in [3.8, 4) is 11.5 Å². The van der Waals surface area contributed by atoms with Crippen LogP contribution in [0.1, 0.15) is 59.8 Å². The number of aromatic nitrogens is 2. The predicted molar refractivity (Wildman–Crippen MR) is 117 cm³/mol. The van der Waals surface area contributed by atoms with E-state index in [1.807, 2.05) is 24.3 Å². The van der Waals surface area contributed by atoms with E-state index < -0.39 is 0 Å². The monoisotopic (exact) mass is 414 g/mol. The molecule has 1 heterocycles. The highest BCUT2D eigenvalue weighted by atomic mass is 16.5. The fourth-order valence-electron chi connectivity index (χ4n) is 4.26. The van der Waals surface area contributed by atoms with E-state index in [1.54, 1.807) is 0 Å². The second-order valence-electron chi connectivity index (χ2n) is 9.27. The number of benzene rings is 2. The molecule has 6 heteroatoms. The van der Waals surface area contributed by atoms with Crippen molar-refractivity contribution >= 4 is 5.91 Å². The van der Waals surface area contributed by atoms with Crippen LogP contribution in [0, 0.1) is 0 Å². The van der Waals surface area contributed by atoms with Gasteiger partial charge < -0.3 is 15.2 Å². The molecule has 158 valence electrons. The number of amides is 1. The van der Waals surface area contributed by atoms with E-state index in [0.29, 0.717) is 29.5 Å². The highest BCUT2D eigenvalue weighted by Crippen LogP contribution is 2.48. The van der Waals surface area contributed by atoms with E-state index >= 15 is 0 Å². The molecule has 6 rings (SSSR count). The second-order valence-corrected chi connectivity index (χ2v) is 9.27. The first kappa shape index (κ1) is 18.8. The molecule has 0 spiro atoms. The summed E-state index contributed by atoms with van der Waals surface area (Å²) in [5, 5.41) is 11.0. The average molecular weight is 415 g/mol. The molecule has 31 heavy (non-hydrogen) atoms. The van der Waals surface area contributed by atoms with Crippen LogP contribution in [0.3, 0.4) is 0 Å². The molecule has 0 bridgehead atoms. The number of nitrogens with one attached hydrogen (secondary N) is 2. The van der Waals surface area contributed by atoms with Gasteiger partial charge in [0.25, 0.3) is 11.8 Å². The molecule has 3 aliphatic rings. The first-order chi connectivity index (χ1) is 15.2. The molecule has 3 aliphatic carbocycles. The zero-order valence-corrected chi connectivity index (χ0v) is 17.4. The third-order valence-electron chi connectivity index (χ3n) is 6.78. The summed E-state index contributed by atoms with van der Waals surface area (Å²) in [5.74, 6) is 1.91. The minimum absolute atomic E-state index is 0.00430. The topological polar surface area (TPSA) is 80.0 Å². The van der Waals surface area contributed by atoms with Crippen LogP contribution in [-0.2, 0) is 5.41 Å². The standard InChI is InChI=1S/C25H26N4O2/c30-22(27-19-10-11-19)17-6-8-18(9-7-17)23-28-24(29-31-23)25(12-13-25)15-26-21-14-20(21)16-4-2-1-3-5-16/h1-9,19-21,26H,10-15H2,(H,27,30)/t20?,21-/m0/s1. The zero-order valence-electron chi connectivity index (χ0n) is 17.4. The SMILES string of the molecule is O=C(NC1CC1)c1ccc(-c2nc(C3(CN[C@H]4CC4c4ccccc4)CC3)no2)cc1. The molecule has 1 unspecified atom stereocenters. The first-order valence-electron chi connectivity index (χ1n) is 11.2. The van der Waals surface area contributed by atoms with Crippen LogP contribution in [0.2, 0.25) is 0 Å². The van der Waals surface area contributed by atoms with Crippen molar-refractivity contribution in [3.63, 3.8) is 0 Å². The smallest absolute Gasteiger partial charge is 0.257 e. The molecule has 3 aromatic rings. The van der Waals surface area contributed by atoms with Crippen LogP contribution in [0.5, 0.6) is 0 Å². The van der Waals surface area contributed by atoms with Gasteiger partial charge in [-0.2, -0.15) is 4.98 Å². The zero-order chi connectivity index (χ0) is 20.8. The van der Waals surface area contributed by atoms with E-state index in [-0.39, 0.29) is 11.3 Å². The van der Waals surface area contributed by atoms with Crippen molar-refractivity contribution in [1.29, 1.82) is 0 Å². The number of hydrogen-bond donors (Lipinski definition) is 2. The number of hydrogen-bond acceptors (Lipinski definition) is 5. The molecule has 3 fully saturated rings.